The molecule has 1 N–H and O–H groups in total. The fourth-order valence-corrected chi connectivity index (χ4v) is 3.69. The SMILES string of the molecule is CC1N(C2CCCC2)C(=NC(=N)Cl)[C@@]1(C)[C@@H](C)CF. The third-order valence-electron chi connectivity index (χ3n) is 5.19. The highest BCUT2D eigenvalue weighted by Crippen LogP contribution is 2.49. The Morgan fingerprint density at radius 2 is 2.16 bits per heavy atom. The van der Waals surface area contributed by atoms with Crippen molar-refractivity contribution in [3.05, 3.63) is 0 Å². The Morgan fingerprint density at radius 1 is 1.58 bits per heavy atom. The summed E-state index contributed by atoms with van der Waals surface area (Å²) in [6.07, 6.45) is 4.82. The molecular formula is C14H23ClFN3. The standard InChI is InChI=1S/C14H23ClFN3/c1-9(8-16)14(3)10(2)19(11-6-4-5-7-11)12(14)18-13(15)17/h9-11,17H,4-8H2,1-3H3/t9-,10?,14-/m0/s1. The summed E-state index contributed by atoms with van der Waals surface area (Å²) in [5.41, 5.74) is -0.307. The summed E-state index contributed by atoms with van der Waals surface area (Å²) >= 11 is 5.66. The number of nitrogens with one attached hydrogen (secondary N) is 1. The average molecular weight is 288 g/mol. The number of nitrogens with zero attached hydrogens (tertiary/aromatic N) is 2. The summed E-state index contributed by atoms with van der Waals surface area (Å²) < 4.78 is 13.1. The summed E-state index contributed by atoms with van der Waals surface area (Å²) in [6.45, 7) is 5.73. The molecule has 0 spiro atoms. The minimum absolute atomic E-state index is 0.102. The van der Waals surface area contributed by atoms with Crippen molar-refractivity contribution in [1.82, 2.24) is 4.90 Å². The molecule has 0 aromatic carbocycles. The second-order valence-electron chi connectivity index (χ2n) is 6.09. The van der Waals surface area contributed by atoms with Gasteiger partial charge in [-0.1, -0.05) is 26.7 Å². The van der Waals surface area contributed by atoms with E-state index >= 15 is 0 Å². The number of halogens is 2. The van der Waals surface area contributed by atoms with Crippen LogP contribution < -0.4 is 0 Å². The maximum Gasteiger partial charge on any atom is 0.216 e. The van der Waals surface area contributed by atoms with E-state index in [0.717, 1.165) is 5.84 Å². The third-order valence-corrected chi connectivity index (χ3v) is 5.27. The molecule has 2 fully saturated rings. The van der Waals surface area contributed by atoms with Crippen LogP contribution >= 0.6 is 11.6 Å². The fraction of sp³-hybridized carbons (Fsp3) is 0.857. The van der Waals surface area contributed by atoms with Crippen molar-refractivity contribution in [3.63, 3.8) is 0 Å². The van der Waals surface area contributed by atoms with E-state index in [-0.39, 0.29) is 29.3 Å². The summed E-state index contributed by atoms with van der Waals surface area (Å²) in [4.78, 5) is 6.48. The van der Waals surface area contributed by atoms with Crippen LogP contribution in [0.4, 0.5) is 4.39 Å². The number of hydrogen-bond donors (Lipinski definition) is 1. The predicted octanol–water partition coefficient (Wildman–Crippen LogP) is 3.82. The first-order chi connectivity index (χ1) is 8.92. The highest BCUT2D eigenvalue weighted by Gasteiger charge is 2.57. The van der Waals surface area contributed by atoms with Crippen LogP contribution in [0.2, 0.25) is 0 Å². The van der Waals surface area contributed by atoms with Crippen LogP contribution in [-0.4, -0.2) is 34.8 Å². The van der Waals surface area contributed by atoms with Gasteiger partial charge in [0.05, 0.1) is 12.1 Å². The Morgan fingerprint density at radius 3 is 2.63 bits per heavy atom. The van der Waals surface area contributed by atoms with Crippen LogP contribution in [0.1, 0.15) is 46.5 Å². The molecule has 108 valence electrons. The number of aliphatic imine (C=N–C) groups is 1. The van der Waals surface area contributed by atoms with Crippen molar-refractivity contribution < 1.29 is 4.39 Å². The molecule has 1 unspecified atom stereocenters. The minimum atomic E-state index is -0.367. The molecule has 3 nitrogen and oxygen atoms in total. The second kappa shape index (κ2) is 5.39. The number of alkyl halides is 1. The normalized spacial score (nSPS) is 35.5. The zero-order valence-electron chi connectivity index (χ0n) is 11.9. The molecule has 1 heterocycles. The highest BCUT2D eigenvalue weighted by atomic mass is 35.5. The largest absolute Gasteiger partial charge is 0.353 e. The van der Waals surface area contributed by atoms with Gasteiger partial charge in [-0.05, 0) is 37.3 Å². The Hall–Kier alpha value is -0.640. The molecule has 1 aliphatic carbocycles. The number of hydrogen-bond acceptors (Lipinski definition) is 1. The lowest BCUT2D eigenvalue weighted by molar-refractivity contribution is 0.0244. The van der Waals surface area contributed by atoms with Crippen LogP contribution in [-0.2, 0) is 0 Å². The Bertz CT molecular complexity index is 392. The van der Waals surface area contributed by atoms with Crippen molar-refractivity contribution in [1.29, 1.82) is 5.41 Å². The third kappa shape index (κ3) is 2.28. The summed E-state index contributed by atoms with van der Waals surface area (Å²) in [5, 5.41) is 7.21. The van der Waals surface area contributed by atoms with Gasteiger partial charge in [-0.3, -0.25) is 9.80 Å². The molecule has 5 heteroatoms. The molecular weight excluding hydrogens is 265 g/mol. The molecule has 1 saturated heterocycles. The fourth-order valence-electron chi connectivity index (χ4n) is 3.61. The van der Waals surface area contributed by atoms with Crippen LogP contribution in [0.5, 0.6) is 0 Å². The van der Waals surface area contributed by atoms with Gasteiger partial charge in [0, 0.05) is 12.1 Å². The first kappa shape index (κ1) is 14.8. The van der Waals surface area contributed by atoms with Gasteiger partial charge in [-0.15, -0.1) is 0 Å². The number of rotatable bonds is 3. The van der Waals surface area contributed by atoms with Gasteiger partial charge in [0.25, 0.3) is 0 Å². The van der Waals surface area contributed by atoms with Crippen LogP contribution in [0, 0.1) is 16.7 Å². The van der Waals surface area contributed by atoms with Crippen molar-refractivity contribution in [2.45, 2.75) is 58.5 Å². The van der Waals surface area contributed by atoms with Gasteiger partial charge < -0.3 is 4.90 Å². The second-order valence-corrected chi connectivity index (χ2v) is 6.44. The van der Waals surface area contributed by atoms with E-state index in [1.165, 1.54) is 25.7 Å². The van der Waals surface area contributed by atoms with Gasteiger partial charge >= 0.3 is 0 Å². The van der Waals surface area contributed by atoms with Gasteiger partial charge in [0.15, 0.2) is 0 Å². The van der Waals surface area contributed by atoms with Crippen molar-refractivity contribution >= 4 is 22.7 Å². The molecule has 0 radical (unpaired) electrons. The van der Waals surface area contributed by atoms with Crippen LogP contribution in [0.3, 0.4) is 0 Å². The van der Waals surface area contributed by atoms with Crippen molar-refractivity contribution in [2.24, 2.45) is 16.3 Å². The molecule has 2 aliphatic rings. The summed E-state index contributed by atoms with van der Waals surface area (Å²) in [7, 11) is 0. The molecule has 19 heavy (non-hydrogen) atoms. The Balaban J connectivity index is 2.29. The monoisotopic (exact) mass is 287 g/mol. The molecule has 3 atom stereocenters. The Kier molecular flexibility index (Phi) is 4.19. The maximum absolute atomic E-state index is 13.1. The van der Waals surface area contributed by atoms with Gasteiger partial charge in [-0.2, -0.15) is 0 Å². The first-order valence-electron chi connectivity index (χ1n) is 7.10. The van der Waals surface area contributed by atoms with E-state index in [1.54, 1.807) is 0 Å². The molecule has 0 aromatic heterocycles. The summed E-state index contributed by atoms with van der Waals surface area (Å²) in [6, 6.07) is 0.751. The molecule has 0 amide bonds. The van der Waals surface area contributed by atoms with E-state index in [1.807, 2.05) is 13.8 Å². The molecule has 2 rings (SSSR count). The molecule has 1 saturated carbocycles. The van der Waals surface area contributed by atoms with Crippen molar-refractivity contribution in [3.8, 4) is 0 Å². The van der Waals surface area contributed by atoms with Crippen LogP contribution in [0.15, 0.2) is 4.99 Å². The maximum atomic E-state index is 13.1. The number of amidine groups is 2. The number of likely N-dealkylation sites (tertiary alicyclic amines) is 1. The van der Waals surface area contributed by atoms with E-state index in [4.69, 9.17) is 17.0 Å². The Labute approximate surface area is 119 Å². The molecule has 0 aromatic rings. The van der Waals surface area contributed by atoms with Gasteiger partial charge in [0.2, 0.25) is 5.29 Å². The zero-order valence-corrected chi connectivity index (χ0v) is 12.7. The predicted molar refractivity (Wildman–Crippen MR) is 77.8 cm³/mol. The lowest BCUT2D eigenvalue weighted by Gasteiger charge is -2.61. The van der Waals surface area contributed by atoms with E-state index in [0.29, 0.717) is 6.04 Å². The van der Waals surface area contributed by atoms with Crippen molar-refractivity contribution in [2.75, 3.05) is 6.67 Å². The lowest BCUT2D eigenvalue weighted by atomic mass is 9.64. The smallest absolute Gasteiger partial charge is 0.216 e. The molecule has 0 bridgehead atoms. The minimum Gasteiger partial charge on any atom is -0.353 e. The lowest BCUT2D eigenvalue weighted by Crippen LogP contribution is -2.71. The quantitative estimate of drug-likeness (QED) is 0.478. The highest BCUT2D eigenvalue weighted by molar-refractivity contribution is 6.64. The molecule has 1 aliphatic heterocycles. The summed E-state index contributed by atoms with van der Waals surface area (Å²) in [5.74, 6) is 0.715. The van der Waals surface area contributed by atoms with E-state index in [9.17, 15) is 4.39 Å². The van der Waals surface area contributed by atoms with E-state index < -0.39 is 0 Å². The average Bonchev–Trinajstić information content (AvgIpc) is 2.89. The van der Waals surface area contributed by atoms with E-state index in [2.05, 4.69) is 16.8 Å². The van der Waals surface area contributed by atoms with Gasteiger partial charge in [-0.25, -0.2) is 4.99 Å². The topological polar surface area (TPSA) is 39.5 Å². The van der Waals surface area contributed by atoms with Crippen LogP contribution in [0.25, 0.3) is 0 Å². The van der Waals surface area contributed by atoms with Gasteiger partial charge in [0.1, 0.15) is 5.84 Å². The first-order valence-corrected chi connectivity index (χ1v) is 7.48. The zero-order chi connectivity index (χ0) is 14.2.